The van der Waals surface area contributed by atoms with Crippen molar-refractivity contribution in [3.8, 4) is 0 Å². The monoisotopic (exact) mass is 243 g/mol. The topological polar surface area (TPSA) is 98.2 Å². The molecule has 0 aromatic heterocycles. The molecule has 0 saturated heterocycles. The Bertz CT molecular complexity index is 275. The zero-order valence-corrected chi connectivity index (χ0v) is 11.2. The predicted octanol–water partition coefficient (Wildman–Crippen LogP) is 0.378. The van der Waals surface area contributed by atoms with Crippen LogP contribution < -0.4 is 16.8 Å². The Morgan fingerprint density at radius 2 is 1.82 bits per heavy atom. The van der Waals surface area contributed by atoms with Crippen LogP contribution in [-0.4, -0.2) is 23.9 Å². The van der Waals surface area contributed by atoms with Gasteiger partial charge in [0.05, 0.1) is 0 Å². The van der Waals surface area contributed by atoms with Crippen molar-refractivity contribution >= 4 is 11.8 Å². The number of rotatable bonds is 7. The highest BCUT2D eigenvalue weighted by Crippen LogP contribution is 2.14. The predicted molar refractivity (Wildman–Crippen MR) is 68.0 cm³/mol. The lowest BCUT2D eigenvalue weighted by Gasteiger charge is -2.24. The molecule has 5 heteroatoms. The third-order valence-electron chi connectivity index (χ3n) is 2.68. The lowest BCUT2D eigenvalue weighted by atomic mass is 9.93. The van der Waals surface area contributed by atoms with E-state index < -0.39 is 11.4 Å². The fraction of sp³-hybridized carbons (Fsp3) is 0.833. The van der Waals surface area contributed by atoms with Gasteiger partial charge in [-0.15, -0.1) is 0 Å². The summed E-state index contributed by atoms with van der Waals surface area (Å²) in [6, 6.07) is 0. The minimum absolute atomic E-state index is 0.152. The Labute approximate surface area is 103 Å². The average molecular weight is 243 g/mol. The summed E-state index contributed by atoms with van der Waals surface area (Å²) in [6.45, 7) is 7.84. The van der Waals surface area contributed by atoms with Crippen LogP contribution in [0.5, 0.6) is 0 Å². The second-order valence-corrected chi connectivity index (χ2v) is 5.47. The van der Waals surface area contributed by atoms with Crippen LogP contribution in [0, 0.1) is 11.8 Å². The first-order valence-corrected chi connectivity index (χ1v) is 6.00. The van der Waals surface area contributed by atoms with Crippen LogP contribution in [0.4, 0.5) is 0 Å². The van der Waals surface area contributed by atoms with E-state index >= 15 is 0 Å². The van der Waals surface area contributed by atoms with Crippen molar-refractivity contribution < 1.29 is 9.59 Å². The summed E-state index contributed by atoms with van der Waals surface area (Å²) in [5, 5.41) is 2.62. The van der Waals surface area contributed by atoms with Crippen LogP contribution in [0.15, 0.2) is 0 Å². The molecule has 0 bridgehead atoms. The molecule has 0 heterocycles. The molecule has 0 aliphatic carbocycles. The highest BCUT2D eigenvalue weighted by molar-refractivity contribution is 5.89. The molecule has 0 saturated carbocycles. The van der Waals surface area contributed by atoms with Crippen molar-refractivity contribution in [1.82, 2.24) is 5.32 Å². The summed E-state index contributed by atoms with van der Waals surface area (Å²) < 4.78 is 0. The van der Waals surface area contributed by atoms with Crippen molar-refractivity contribution in [2.45, 2.75) is 46.1 Å². The van der Waals surface area contributed by atoms with Crippen molar-refractivity contribution in [2.24, 2.45) is 23.3 Å². The Morgan fingerprint density at radius 1 is 1.29 bits per heavy atom. The van der Waals surface area contributed by atoms with Crippen LogP contribution >= 0.6 is 0 Å². The molecular weight excluding hydrogens is 218 g/mol. The zero-order chi connectivity index (χ0) is 13.6. The molecule has 100 valence electrons. The van der Waals surface area contributed by atoms with Crippen molar-refractivity contribution in [3.05, 3.63) is 0 Å². The van der Waals surface area contributed by atoms with E-state index in [1.807, 2.05) is 0 Å². The average Bonchev–Trinajstić information content (AvgIpc) is 2.14. The van der Waals surface area contributed by atoms with Gasteiger partial charge < -0.3 is 16.8 Å². The lowest BCUT2D eigenvalue weighted by molar-refractivity contribution is -0.130. The quantitative estimate of drug-likeness (QED) is 0.602. The molecule has 2 amide bonds. The van der Waals surface area contributed by atoms with Gasteiger partial charge in [-0.25, -0.2) is 0 Å². The highest BCUT2D eigenvalue weighted by atomic mass is 16.2. The van der Waals surface area contributed by atoms with Gasteiger partial charge in [0.15, 0.2) is 0 Å². The summed E-state index contributed by atoms with van der Waals surface area (Å²) in [7, 11) is 0. The normalized spacial score (nSPS) is 13.5. The van der Waals surface area contributed by atoms with Gasteiger partial charge in [-0.1, -0.05) is 13.8 Å². The molecule has 0 spiro atoms. The summed E-state index contributed by atoms with van der Waals surface area (Å²) in [6.07, 6.45) is 1.24. The Morgan fingerprint density at radius 3 is 2.18 bits per heavy atom. The van der Waals surface area contributed by atoms with Crippen LogP contribution in [0.2, 0.25) is 0 Å². The van der Waals surface area contributed by atoms with Crippen molar-refractivity contribution in [3.63, 3.8) is 0 Å². The van der Waals surface area contributed by atoms with E-state index in [9.17, 15) is 9.59 Å². The summed E-state index contributed by atoms with van der Waals surface area (Å²) in [5.41, 5.74) is 9.80. The van der Waals surface area contributed by atoms with Gasteiger partial charge in [-0.2, -0.15) is 0 Å². The van der Waals surface area contributed by atoms with Gasteiger partial charge in [0.1, 0.15) is 5.54 Å². The van der Waals surface area contributed by atoms with Gasteiger partial charge >= 0.3 is 0 Å². The minimum Gasteiger partial charge on any atom is -0.368 e. The molecule has 0 rings (SSSR count). The number of nitrogens with one attached hydrogen (secondary N) is 1. The molecule has 0 unspecified atom stereocenters. The van der Waals surface area contributed by atoms with E-state index in [-0.39, 0.29) is 11.8 Å². The maximum absolute atomic E-state index is 11.7. The van der Waals surface area contributed by atoms with E-state index in [0.29, 0.717) is 18.9 Å². The Kier molecular flexibility index (Phi) is 6.16. The van der Waals surface area contributed by atoms with Crippen LogP contribution in [0.25, 0.3) is 0 Å². The number of nitrogens with two attached hydrogens (primary N) is 2. The maximum atomic E-state index is 11.7. The van der Waals surface area contributed by atoms with Gasteiger partial charge in [-0.3, -0.25) is 9.59 Å². The van der Waals surface area contributed by atoms with Crippen molar-refractivity contribution in [2.75, 3.05) is 6.54 Å². The molecule has 0 radical (unpaired) electrons. The van der Waals surface area contributed by atoms with E-state index in [4.69, 9.17) is 11.5 Å². The number of hydrogen-bond acceptors (Lipinski definition) is 3. The van der Waals surface area contributed by atoms with Crippen LogP contribution in [-0.2, 0) is 9.59 Å². The third kappa shape index (κ3) is 6.26. The summed E-state index contributed by atoms with van der Waals surface area (Å²) in [5.74, 6) is -0.0666. The molecule has 0 aromatic rings. The fourth-order valence-electron chi connectivity index (χ4n) is 1.65. The molecular formula is C12H25N3O2. The summed E-state index contributed by atoms with van der Waals surface area (Å²) in [4.78, 5) is 22.8. The van der Waals surface area contributed by atoms with Gasteiger partial charge in [-0.05, 0) is 38.6 Å². The van der Waals surface area contributed by atoms with E-state index in [1.54, 1.807) is 13.8 Å². The molecule has 17 heavy (non-hydrogen) atoms. The highest BCUT2D eigenvalue weighted by Gasteiger charge is 2.27. The van der Waals surface area contributed by atoms with Crippen LogP contribution in [0.1, 0.15) is 40.5 Å². The molecule has 0 aliphatic rings. The molecule has 5 N–H and O–H groups in total. The van der Waals surface area contributed by atoms with Gasteiger partial charge in [0.2, 0.25) is 11.8 Å². The number of carbonyl (C=O) groups excluding carboxylic acids is 2. The number of amides is 2. The molecule has 0 aliphatic heterocycles. The smallest absolute Gasteiger partial charge is 0.242 e. The molecule has 0 aromatic carbocycles. The lowest BCUT2D eigenvalue weighted by Crippen LogP contribution is -2.53. The number of carbonyl (C=O) groups is 2. The number of hydrogen-bond donors (Lipinski definition) is 3. The van der Waals surface area contributed by atoms with E-state index in [1.165, 1.54) is 0 Å². The third-order valence-corrected chi connectivity index (χ3v) is 2.68. The minimum atomic E-state index is -1.01. The SMILES string of the molecule is CC(C)C[C@H](CN)CC(=O)NC(C)(C)C(N)=O. The maximum Gasteiger partial charge on any atom is 0.242 e. The fourth-order valence-corrected chi connectivity index (χ4v) is 1.65. The van der Waals surface area contributed by atoms with E-state index in [2.05, 4.69) is 19.2 Å². The second kappa shape index (κ2) is 6.59. The first kappa shape index (κ1) is 15.9. The molecule has 0 fully saturated rings. The molecule has 1 atom stereocenters. The first-order chi connectivity index (χ1) is 7.69. The Hall–Kier alpha value is -1.10. The first-order valence-electron chi connectivity index (χ1n) is 6.00. The number of primary amides is 1. The second-order valence-electron chi connectivity index (χ2n) is 5.47. The standard InChI is InChI=1S/C12H25N3O2/c1-8(2)5-9(7-13)6-10(16)15-12(3,4)11(14)17/h8-9H,5-7,13H2,1-4H3,(H2,14,17)(H,15,16)/t9-/m0/s1. The van der Waals surface area contributed by atoms with Crippen LogP contribution in [0.3, 0.4) is 0 Å². The van der Waals surface area contributed by atoms with Gasteiger partial charge in [0, 0.05) is 6.42 Å². The largest absolute Gasteiger partial charge is 0.368 e. The molecule has 5 nitrogen and oxygen atoms in total. The Balaban J connectivity index is 4.29. The summed E-state index contributed by atoms with van der Waals surface area (Å²) >= 11 is 0. The van der Waals surface area contributed by atoms with Gasteiger partial charge in [0.25, 0.3) is 0 Å². The zero-order valence-electron chi connectivity index (χ0n) is 11.2. The van der Waals surface area contributed by atoms with E-state index in [0.717, 1.165) is 6.42 Å². The van der Waals surface area contributed by atoms with Crippen molar-refractivity contribution in [1.29, 1.82) is 0 Å².